The molecule has 0 unspecified atom stereocenters. The zero-order chi connectivity index (χ0) is 13.5. The fourth-order valence-corrected chi connectivity index (χ4v) is 3.85. The number of hydrogen-bond acceptors (Lipinski definition) is 3. The summed E-state index contributed by atoms with van der Waals surface area (Å²) in [7, 11) is 0. The molecule has 100 valence electrons. The number of anilines is 1. The molecule has 1 N–H and O–H groups in total. The zero-order valence-electron chi connectivity index (χ0n) is 10.9. The molecule has 0 bridgehead atoms. The Morgan fingerprint density at radius 3 is 2.90 bits per heavy atom. The van der Waals surface area contributed by atoms with Gasteiger partial charge >= 0.3 is 0 Å². The quantitative estimate of drug-likeness (QED) is 0.742. The Kier molecular flexibility index (Phi) is 2.63. The highest BCUT2D eigenvalue weighted by atomic mass is 32.1. The molecule has 0 aliphatic carbocycles. The highest BCUT2D eigenvalue weighted by Crippen LogP contribution is 2.29. The van der Waals surface area contributed by atoms with Crippen LogP contribution >= 0.6 is 11.5 Å². The number of hydrogen-bond donors (Lipinski definition) is 1. The molecule has 3 nitrogen and oxygen atoms in total. The summed E-state index contributed by atoms with van der Waals surface area (Å²) in [5.41, 5.74) is 3.54. The molecule has 0 atom stereocenters. The molecule has 0 saturated heterocycles. The SMILES string of the molecule is O=c1c2ccccc2sn1-c1cccc2c1CCCN2. The van der Waals surface area contributed by atoms with Crippen LogP contribution in [0, 0.1) is 0 Å². The minimum Gasteiger partial charge on any atom is -0.385 e. The van der Waals surface area contributed by atoms with Gasteiger partial charge in [0, 0.05) is 17.8 Å². The van der Waals surface area contributed by atoms with Gasteiger partial charge in [0.2, 0.25) is 0 Å². The van der Waals surface area contributed by atoms with Crippen molar-refractivity contribution in [1.29, 1.82) is 0 Å². The molecule has 20 heavy (non-hydrogen) atoms. The lowest BCUT2D eigenvalue weighted by atomic mass is 10.0. The van der Waals surface area contributed by atoms with Gasteiger partial charge in [-0.05, 0) is 37.1 Å². The van der Waals surface area contributed by atoms with Crippen LogP contribution in [-0.4, -0.2) is 10.5 Å². The van der Waals surface area contributed by atoms with Crippen LogP contribution in [0.5, 0.6) is 0 Å². The van der Waals surface area contributed by atoms with E-state index in [0.29, 0.717) is 0 Å². The molecule has 2 heterocycles. The maximum Gasteiger partial charge on any atom is 0.273 e. The Balaban J connectivity index is 2.00. The van der Waals surface area contributed by atoms with Crippen LogP contribution in [0.25, 0.3) is 15.8 Å². The van der Waals surface area contributed by atoms with Crippen molar-refractivity contribution < 1.29 is 0 Å². The number of fused-ring (bicyclic) bond motifs is 2. The third-order valence-corrected chi connectivity index (χ3v) is 4.88. The number of benzene rings is 2. The molecule has 0 spiro atoms. The van der Waals surface area contributed by atoms with Crippen LogP contribution < -0.4 is 10.9 Å². The van der Waals surface area contributed by atoms with Gasteiger partial charge in [-0.2, -0.15) is 0 Å². The van der Waals surface area contributed by atoms with Gasteiger partial charge < -0.3 is 5.32 Å². The van der Waals surface area contributed by atoms with Gasteiger partial charge in [-0.25, -0.2) is 3.96 Å². The van der Waals surface area contributed by atoms with Crippen molar-refractivity contribution >= 4 is 27.3 Å². The van der Waals surface area contributed by atoms with Gasteiger partial charge in [0.1, 0.15) is 0 Å². The number of rotatable bonds is 1. The summed E-state index contributed by atoms with van der Waals surface area (Å²) in [6.07, 6.45) is 2.14. The lowest BCUT2D eigenvalue weighted by Crippen LogP contribution is -2.17. The van der Waals surface area contributed by atoms with Crippen molar-refractivity contribution in [3.05, 3.63) is 58.4 Å². The van der Waals surface area contributed by atoms with Gasteiger partial charge in [-0.1, -0.05) is 29.7 Å². The molecular weight excluding hydrogens is 268 g/mol. The molecule has 0 saturated carbocycles. The molecular formula is C16H14N2OS. The minimum atomic E-state index is 0.0876. The Labute approximate surface area is 120 Å². The molecule has 4 rings (SSSR count). The second-order valence-corrected chi connectivity index (χ2v) is 6.01. The van der Waals surface area contributed by atoms with Crippen LogP contribution in [0.1, 0.15) is 12.0 Å². The third-order valence-electron chi connectivity index (χ3n) is 3.78. The number of aromatic nitrogens is 1. The van der Waals surface area contributed by atoms with E-state index in [1.54, 1.807) is 0 Å². The van der Waals surface area contributed by atoms with Gasteiger partial charge in [0.15, 0.2) is 0 Å². The first kappa shape index (κ1) is 11.7. The number of nitrogens with zero attached hydrogens (tertiary/aromatic N) is 1. The van der Waals surface area contributed by atoms with Crippen LogP contribution in [0.2, 0.25) is 0 Å². The van der Waals surface area contributed by atoms with E-state index in [4.69, 9.17) is 0 Å². The Hall–Kier alpha value is -2.07. The fourth-order valence-electron chi connectivity index (χ4n) is 2.81. The van der Waals surface area contributed by atoms with Crippen molar-refractivity contribution in [1.82, 2.24) is 3.96 Å². The van der Waals surface area contributed by atoms with E-state index in [1.807, 2.05) is 40.4 Å². The van der Waals surface area contributed by atoms with Gasteiger partial charge in [0.05, 0.1) is 15.8 Å². The lowest BCUT2D eigenvalue weighted by Gasteiger charge is -2.20. The topological polar surface area (TPSA) is 34.0 Å². The van der Waals surface area contributed by atoms with Crippen molar-refractivity contribution in [2.45, 2.75) is 12.8 Å². The molecule has 2 aromatic carbocycles. The van der Waals surface area contributed by atoms with E-state index < -0.39 is 0 Å². The second-order valence-electron chi connectivity index (χ2n) is 5.02. The fraction of sp³-hybridized carbons (Fsp3) is 0.188. The Bertz CT molecular complexity index is 847. The molecule has 4 heteroatoms. The first-order valence-electron chi connectivity index (χ1n) is 6.82. The average Bonchev–Trinajstić information content (AvgIpc) is 2.84. The smallest absolute Gasteiger partial charge is 0.273 e. The summed E-state index contributed by atoms with van der Waals surface area (Å²) in [5, 5.41) is 4.22. The van der Waals surface area contributed by atoms with Crippen molar-refractivity contribution in [3.63, 3.8) is 0 Å². The summed E-state index contributed by atoms with van der Waals surface area (Å²) in [4.78, 5) is 12.6. The van der Waals surface area contributed by atoms with E-state index in [-0.39, 0.29) is 5.56 Å². The highest BCUT2D eigenvalue weighted by molar-refractivity contribution is 7.14. The largest absolute Gasteiger partial charge is 0.385 e. The maximum atomic E-state index is 12.6. The Morgan fingerprint density at radius 1 is 1.10 bits per heavy atom. The molecule has 1 aliphatic heterocycles. The molecule has 1 aliphatic rings. The van der Waals surface area contributed by atoms with E-state index in [1.165, 1.54) is 17.1 Å². The minimum absolute atomic E-state index is 0.0876. The van der Waals surface area contributed by atoms with Crippen LogP contribution in [-0.2, 0) is 6.42 Å². The summed E-state index contributed by atoms with van der Waals surface area (Å²) >= 11 is 1.53. The zero-order valence-corrected chi connectivity index (χ0v) is 11.7. The number of nitrogens with one attached hydrogen (secondary N) is 1. The monoisotopic (exact) mass is 282 g/mol. The van der Waals surface area contributed by atoms with Gasteiger partial charge in [-0.3, -0.25) is 4.79 Å². The standard InChI is InChI=1S/C16H14N2OS/c19-16-12-5-1-2-9-15(12)20-18(16)14-8-3-7-13-11(14)6-4-10-17-13/h1-3,5,7-9,17H,4,6,10H2. The van der Waals surface area contributed by atoms with E-state index in [9.17, 15) is 4.79 Å². The summed E-state index contributed by atoms with van der Waals surface area (Å²) in [6.45, 7) is 1.01. The van der Waals surface area contributed by atoms with Gasteiger partial charge in [0.25, 0.3) is 5.56 Å². The predicted octanol–water partition coefficient (Wildman–Crippen LogP) is 3.41. The van der Waals surface area contributed by atoms with Crippen molar-refractivity contribution in [3.8, 4) is 5.69 Å². The van der Waals surface area contributed by atoms with Crippen molar-refractivity contribution in [2.24, 2.45) is 0 Å². The average molecular weight is 282 g/mol. The first-order valence-corrected chi connectivity index (χ1v) is 7.59. The van der Waals surface area contributed by atoms with Crippen LogP contribution in [0.4, 0.5) is 5.69 Å². The molecule has 0 fully saturated rings. The molecule has 0 radical (unpaired) electrons. The highest BCUT2D eigenvalue weighted by Gasteiger charge is 2.16. The predicted molar refractivity (Wildman–Crippen MR) is 84.2 cm³/mol. The third kappa shape index (κ3) is 1.68. The van der Waals surface area contributed by atoms with Gasteiger partial charge in [-0.15, -0.1) is 0 Å². The molecule has 0 amide bonds. The first-order chi connectivity index (χ1) is 9.84. The normalized spacial score (nSPS) is 14.0. The summed E-state index contributed by atoms with van der Waals surface area (Å²) < 4.78 is 2.87. The lowest BCUT2D eigenvalue weighted by molar-refractivity contribution is 0.822. The summed E-state index contributed by atoms with van der Waals surface area (Å²) in [6, 6.07) is 14.0. The molecule has 1 aromatic heterocycles. The van der Waals surface area contributed by atoms with E-state index >= 15 is 0 Å². The second kappa shape index (κ2) is 4.49. The Morgan fingerprint density at radius 2 is 2.00 bits per heavy atom. The van der Waals surface area contributed by atoms with Crippen LogP contribution in [0.3, 0.4) is 0 Å². The van der Waals surface area contributed by atoms with Crippen molar-refractivity contribution in [2.75, 3.05) is 11.9 Å². The molecule has 3 aromatic rings. The van der Waals surface area contributed by atoms with E-state index in [0.717, 1.165) is 40.8 Å². The van der Waals surface area contributed by atoms with E-state index in [2.05, 4.69) is 11.4 Å². The summed E-state index contributed by atoms with van der Waals surface area (Å²) in [5.74, 6) is 0. The van der Waals surface area contributed by atoms with Crippen LogP contribution in [0.15, 0.2) is 47.3 Å². The maximum absolute atomic E-state index is 12.6.